The van der Waals surface area contributed by atoms with Gasteiger partial charge in [-0.3, -0.25) is 4.79 Å². The van der Waals surface area contributed by atoms with Crippen molar-refractivity contribution in [2.45, 2.75) is 46.3 Å². The van der Waals surface area contributed by atoms with Crippen LogP contribution in [0.1, 0.15) is 44.5 Å². The number of nitrogens with two attached hydrogens (primary N) is 1. The van der Waals surface area contributed by atoms with E-state index < -0.39 is 6.04 Å². The molecule has 1 rings (SSSR count). The number of ether oxygens (including phenoxy) is 1. The van der Waals surface area contributed by atoms with Crippen molar-refractivity contribution < 1.29 is 9.53 Å². The van der Waals surface area contributed by atoms with Gasteiger partial charge in [0.15, 0.2) is 5.78 Å². The van der Waals surface area contributed by atoms with Crippen LogP contribution in [0.2, 0.25) is 0 Å². The standard InChI is InChI=1S/C15H23NO2/c1-5-11(4)14(16)15(17)12-8-6-7-9-13(12)18-10(2)3/h6-11,14H,5,16H2,1-4H3. The number of Topliss-reactive ketones (excluding diaryl/α,β-unsaturated/α-hetero) is 1. The molecule has 2 N–H and O–H groups in total. The molecule has 18 heavy (non-hydrogen) atoms. The summed E-state index contributed by atoms with van der Waals surface area (Å²) < 4.78 is 5.65. The fraction of sp³-hybridized carbons (Fsp3) is 0.533. The number of carbonyl (C=O) groups excluding carboxylic acids is 1. The maximum atomic E-state index is 12.3. The molecule has 0 aliphatic carbocycles. The third-order valence-electron chi connectivity index (χ3n) is 3.07. The zero-order valence-electron chi connectivity index (χ0n) is 11.6. The van der Waals surface area contributed by atoms with Crippen LogP contribution in [0.4, 0.5) is 0 Å². The molecule has 0 spiro atoms. The van der Waals surface area contributed by atoms with Gasteiger partial charge in [-0.1, -0.05) is 32.4 Å². The minimum absolute atomic E-state index is 0.0405. The van der Waals surface area contributed by atoms with Gasteiger partial charge in [0.25, 0.3) is 0 Å². The van der Waals surface area contributed by atoms with Crippen LogP contribution >= 0.6 is 0 Å². The second-order valence-electron chi connectivity index (χ2n) is 4.94. The van der Waals surface area contributed by atoms with E-state index in [1.165, 1.54) is 0 Å². The Morgan fingerprint density at radius 1 is 1.28 bits per heavy atom. The van der Waals surface area contributed by atoms with Crippen LogP contribution in [0, 0.1) is 5.92 Å². The molecule has 0 aliphatic rings. The van der Waals surface area contributed by atoms with E-state index in [0.29, 0.717) is 11.3 Å². The lowest BCUT2D eigenvalue weighted by Gasteiger charge is -2.19. The SMILES string of the molecule is CCC(C)C(N)C(=O)c1ccccc1OC(C)C. The third-order valence-corrected chi connectivity index (χ3v) is 3.07. The molecule has 0 amide bonds. The molecule has 0 saturated carbocycles. The smallest absolute Gasteiger partial charge is 0.183 e. The van der Waals surface area contributed by atoms with Gasteiger partial charge in [0.2, 0.25) is 0 Å². The normalized spacial score (nSPS) is 14.3. The zero-order valence-corrected chi connectivity index (χ0v) is 11.6. The molecular formula is C15H23NO2. The fourth-order valence-corrected chi connectivity index (χ4v) is 1.72. The van der Waals surface area contributed by atoms with Gasteiger partial charge in [-0.15, -0.1) is 0 Å². The quantitative estimate of drug-likeness (QED) is 0.788. The molecule has 0 fully saturated rings. The lowest BCUT2D eigenvalue weighted by atomic mass is 9.92. The van der Waals surface area contributed by atoms with E-state index in [4.69, 9.17) is 10.5 Å². The maximum absolute atomic E-state index is 12.3. The van der Waals surface area contributed by atoms with Gasteiger partial charge in [-0.05, 0) is 31.9 Å². The lowest BCUT2D eigenvalue weighted by Crippen LogP contribution is -2.36. The number of benzene rings is 1. The van der Waals surface area contributed by atoms with Gasteiger partial charge in [-0.25, -0.2) is 0 Å². The summed E-state index contributed by atoms with van der Waals surface area (Å²) in [7, 11) is 0. The summed E-state index contributed by atoms with van der Waals surface area (Å²) in [6.45, 7) is 7.91. The molecule has 0 saturated heterocycles. The summed E-state index contributed by atoms with van der Waals surface area (Å²) in [5.41, 5.74) is 6.58. The molecule has 1 aromatic rings. The Kier molecular flexibility index (Phi) is 5.35. The molecule has 3 heteroatoms. The van der Waals surface area contributed by atoms with E-state index in [1.807, 2.05) is 45.9 Å². The first kappa shape index (κ1) is 14.7. The second kappa shape index (κ2) is 6.55. The fourth-order valence-electron chi connectivity index (χ4n) is 1.72. The van der Waals surface area contributed by atoms with Crippen LogP contribution in [0.3, 0.4) is 0 Å². The zero-order chi connectivity index (χ0) is 13.7. The van der Waals surface area contributed by atoms with Gasteiger partial charge in [0.05, 0.1) is 17.7 Å². The Labute approximate surface area is 109 Å². The summed E-state index contributed by atoms with van der Waals surface area (Å²) in [6, 6.07) is 6.83. The van der Waals surface area contributed by atoms with Crippen LogP contribution in [0.5, 0.6) is 5.75 Å². The van der Waals surface area contributed by atoms with E-state index in [9.17, 15) is 4.79 Å². The molecular weight excluding hydrogens is 226 g/mol. The summed E-state index contributed by atoms with van der Waals surface area (Å²) in [4.78, 5) is 12.3. The Balaban J connectivity index is 2.98. The van der Waals surface area contributed by atoms with Crippen LogP contribution in [-0.2, 0) is 0 Å². The van der Waals surface area contributed by atoms with Crippen LogP contribution in [0.15, 0.2) is 24.3 Å². The highest BCUT2D eigenvalue weighted by atomic mass is 16.5. The average molecular weight is 249 g/mol. The average Bonchev–Trinajstić information content (AvgIpc) is 2.36. The van der Waals surface area contributed by atoms with Crippen LogP contribution in [-0.4, -0.2) is 17.9 Å². The van der Waals surface area contributed by atoms with Gasteiger partial charge in [-0.2, -0.15) is 0 Å². The molecule has 100 valence electrons. The van der Waals surface area contributed by atoms with Crippen LogP contribution in [0.25, 0.3) is 0 Å². The van der Waals surface area contributed by atoms with E-state index in [0.717, 1.165) is 6.42 Å². The van der Waals surface area contributed by atoms with Crippen LogP contribution < -0.4 is 10.5 Å². The second-order valence-corrected chi connectivity index (χ2v) is 4.94. The van der Waals surface area contributed by atoms with Gasteiger partial charge in [0, 0.05) is 0 Å². The molecule has 0 radical (unpaired) electrons. The summed E-state index contributed by atoms with van der Waals surface area (Å²) in [5.74, 6) is 0.751. The van der Waals surface area contributed by atoms with E-state index in [-0.39, 0.29) is 17.8 Å². The van der Waals surface area contributed by atoms with E-state index >= 15 is 0 Å². The van der Waals surface area contributed by atoms with Crippen molar-refractivity contribution in [2.75, 3.05) is 0 Å². The number of ketones is 1. The van der Waals surface area contributed by atoms with Crippen molar-refractivity contribution in [1.29, 1.82) is 0 Å². The first-order valence-electron chi connectivity index (χ1n) is 6.52. The Bertz CT molecular complexity index is 401. The molecule has 0 aromatic heterocycles. The van der Waals surface area contributed by atoms with Gasteiger partial charge >= 0.3 is 0 Å². The first-order chi connectivity index (χ1) is 8.47. The van der Waals surface area contributed by atoms with Gasteiger partial charge < -0.3 is 10.5 Å². The lowest BCUT2D eigenvalue weighted by molar-refractivity contribution is 0.0929. The van der Waals surface area contributed by atoms with Crippen molar-refractivity contribution >= 4 is 5.78 Å². The molecule has 2 unspecified atom stereocenters. The van der Waals surface area contributed by atoms with Crippen molar-refractivity contribution in [2.24, 2.45) is 11.7 Å². The summed E-state index contributed by atoms with van der Waals surface area (Å²) in [5, 5.41) is 0. The minimum atomic E-state index is -0.466. The highest BCUT2D eigenvalue weighted by molar-refractivity contribution is 6.02. The molecule has 0 aliphatic heterocycles. The Morgan fingerprint density at radius 3 is 2.44 bits per heavy atom. The predicted molar refractivity (Wildman–Crippen MR) is 74.0 cm³/mol. The Hall–Kier alpha value is -1.35. The minimum Gasteiger partial charge on any atom is -0.490 e. The largest absolute Gasteiger partial charge is 0.490 e. The van der Waals surface area contributed by atoms with Crippen molar-refractivity contribution in [1.82, 2.24) is 0 Å². The summed E-state index contributed by atoms with van der Waals surface area (Å²) in [6.07, 6.45) is 0.930. The maximum Gasteiger partial charge on any atom is 0.183 e. The highest BCUT2D eigenvalue weighted by Crippen LogP contribution is 2.22. The number of hydrogen-bond donors (Lipinski definition) is 1. The van der Waals surface area contributed by atoms with E-state index in [1.54, 1.807) is 6.07 Å². The van der Waals surface area contributed by atoms with Crippen molar-refractivity contribution in [3.63, 3.8) is 0 Å². The Morgan fingerprint density at radius 2 is 1.89 bits per heavy atom. The topological polar surface area (TPSA) is 52.3 Å². The molecule has 0 heterocycles. The predicted octanol–water partition coefficient (Wildman–Crippen LogP) is 3.03. The van der Waals surface area contributed by atoms with E-state index in [2.05, 4.69) is 0 Å². The summed E-state index contributed by atoms with van der Waals surface area (Å²) >= 11 is 0. The number of hydrogen-bond acceptors (Lipinski definition) is 3. The number of carbonyl (C=O) groups is 1. The monoisotopic (exact) mass is 249 g/mol. The molecule has 3 nitrogen and oxygen atoms in total. The van der Waals surface area contributed by atoms with Crippen molar-refractivity contribution in [3.8, 4) is 5.75 Å². The number of rotatable bonds is 6. The number of para-hydroxylation sites is 1. The highest BCUT2D eigenvalue weighted by Gasteiger charge is 2.23. The molecule has 2 atom stereocenters. The van der Waals surface area contributed by atoms with Gasteiger partial charge in [0.1, 0.15) is 5.75 Å². The van der Waals surface area contributed by atoms with Crippen molar-refractivity contribution in [3.05, 3.63) is 29.8 Å². The molecule has 0 bridgehead atoms. The molecule has 1 aromatic carbocycles. The first-order valence-corrected chi connectivity index (χ1v) is 6.52. The third kappa shape index (κ3) is 3.57.